The second kappa shape index (κ2) is 5.76. The average molecular weight is 307 g/mol. The van der Waals surface area contributed by atoms with Gasteiger partial charge < -0.3 is 10.6 Å². The predicted molar refractivity (Wildman–Crippen MR) is 88.0 cm³/mol. The van der Waals surface area contributed by atoms with Crippen LogP contribution in [0.2, 0.25) is 5.02 Å². The molecule has 0 saturated carbocycles. The molecule has 106 valence electrons. The van der Waals surface area contributed by atoms with Crippen molar-refractivity contribution in [3.8, 4) is 0 Å². The van der Waals surface area contributed by atoms with Gasteiger partial charge in [0.25, 0.3) is 0 Å². The summed E-state index contributed by atoms with van der Waals surface area (Å²) in [7, 11) is 0. The smallest absolute Gasteiger partial charge is 0.0642 e. The first-order valence-corrected chi connectivity index (χ1v) is 8.28. The maximum absolute atomic E-state index is 6.48. The molecule has 2 heterocycles. The number of hydrogen-bond donors (Lipinski definition) is 1. The number of anilines is 1. The Morgan fingerprint density at radius 2 is 2.25 bits per heavy atom. The minimum Gasteiger partial charge on any atom is -0.363 e. The fourth-order valence-electron chi connectivity index (χ4n) is 2.94. The molecule has 2 nitrogen and oxygen atoms in total. The SMILES string of the molecule is CC1c2ccsc2CCN1c1ccc(CCN)cc1Cl. The molecule has 1 aliphatic rings. The monoisotopic (exact) mass is 306 g/mol. The lowest BCUT2D eigenvalue weighted by atomic mass is 10.00. The fourth-order valence-corrected chi connectivity index (χ4v) is 4.22. The normalized spacial score (nSPS) is 18.1. The molecule has 2 aromatic rings. The van der Waals surface area contributed by atoms with Crippen LogP contribution in [0.1, 0.15) is 29.0 Å². The Morgan fingerprint density at radius 1 is 1.40 bits per heavy atom. The number of benzene rings is 1. The van der Waals surface area contributed by atoms with Crippen molar-refractivity contribution in [1.29, 1.82) is 0 Å². The molecular weight excluding hydrogens is 288 g/mol. The summed E-state index contributed by atoms with van der Waals surface area (Å²) in [5.74, 6) is 0. The zero-order valence-corrected chi connectivity index (χ0v) is 13.2. The number of hydrogen-bond acceptors (Lipinski definition) is 3. The summed E-state index contributed by atoms with van der Waals surface area (Å²) in [6.07, 6.45) is 1.99. The van der Waals surface area contributed by atoms with Crippen LogP contribution >= 0.6 is 22.9 Å². The molecule has 1 aromatic carbocycles. The lowest BCUT2D eigenvalue weighted by Crippen LogP contribution is -2.33. The van der Waals surface area contributed by atoms with E-state index < -0.39 is 0 Å². The van der Waals surface area contributed by atoms with E-state index in [2.05, 4.69) is 41.5 Å². The summed E-state index contributed by atoms with van der Waals surface area (Å²) in [5, 5.41) is 3.03. The Morgan fingerprint density at radius 3 is 3.00 bits per heavy atom. The molecule has 0 spiro atoms. The van der Waals surface area contributed by atoms with Crippen molar-refractivity contribution in [1.82, 2.24) is 0 Å². The van der Waals surface area contributed by atoms with Crippen molar-refractivity contribution >= 4 is 28.6 Å². The molecule has 0 saturated heterocycles. The van der Waals surface area contributed by atoms with Gasteiger partial charge in [0.1, 0.15) is 0 Å². The van der Waals surface area contributed by atoms with Crippen LogP contribution in [0, 0.1) is 0 Å². The highest BCUT2D eigenvalue weighted by molar-refractivity contribution is 7.10. The molecule has 1 aliphatic heterocycles. The zero-order chi connectivity index (χ0) is 14.1. The van der Waals surface area contributed by atoms with Gasteiger partial charge in [0.05, 0.1) is 16.8 Å². The van der Waals surface area contributed by atoms with E-state index in [0.29, 0.717) is 12.6 Å². The van der Waals surface area contributed by atoms with Gasteiger partial charge in [-0.05, 0) is 61.0 Å². The molecule has 0 amide bonds. The van der Waals surface area contributed by atoms with E-state index in [-0.39, 0.29) is 0 Å². The molecule has 0 bridgehead atoms. The van der Waals surface area contributed by atoms with Crippen LogP contribution in [0.4, 0.5) is 5.69 Å². The molecule has 20 heavy (non-hydrogen) atoms. The molecule has 0 radical (unpaired) electrons. The van der Waals surface area contributed by atoms with Gasteiger partial charge in [0.15, 0.2) is 0 Å². The third kappa shape index (κ3) is 2.46. The zero-order valence-electron chi connectivity index (χ0n) is 11.6. The molecule has 1 aromatic heterocycles. The van der Waals surface area contributed by atoms with E-state index in [4.69, 9.17) is 17.3 Å². The maximum Gasteiger partial charge on any atom is 0.0642 e. The van der Waals surface area contributed by atoms with E-state index in [1.54, 1.807) is 0 Å². The van der Waals surface area contributed by atoms with E-state index in [1.165, 1.54) is 16.0 Å². The highest BCUT2D eigenvalue weighted by atomic mass is 35.5. The van der Waals surface area contributed by atoms with Crippen molar-refractivity contribution in [2.75, 3.05) is 18.0 Å². The van der Waals surface area contributed by atoms with E-state index >= 15 is 0 Å². The third-order valence-electron chi connectivity index (χ3n) is 4.03. The lowest BCUT2D eigenvalue weighted by molar-refractivity contribution is 0.633. The van der Waals surface area contributed by atoms with Crippen LogP contribution in [0.25, 0.3) is 0 Å². The number of nitrogens with two attached hydrogens (primary N) is 1. The summed E-state index contributed by atoms with van der Waals surface area (Å²) in [5.41, 5.74) is 9.40. The van der Waals surface area contributed by atoms with Crippen LogP contribution < -0.4 is 10.6 Å². The summed E-state index contributed by atoms with van der Waals surface area (Å²) in [6.45, 7) is 3.95. The number of thiophene rings is 1. The number of halogens is 1. The highest BCUT2D eigenvalue weighted by Gasteiger charge is 2.26. The summed E-state index contributed by atoms with van der Waals surface area (Å²) in [4.78, 5) is 3.92. The average Bonchev–Trinajstić information content (AvgIpc) is 2.90. The summed E-state index contributed by atoms with van der Waals surface area (Å²) in [6, 6.07) is 8.97. The molecule has 2 N–H and O–H groups in total. The minimum atomic E-state index is 0.392. The van der Waals surface area contributed by atoms with Crippen LogP contribution in [-0.2, 0) is 12.8 Å². The Bertz CT molecular complexity index is 608. The number of nitrogens with zero attached hydrogens (tertiary/aromatic N) is 1. The molecule has 0 fully saturated rings. The summed E-state index contributed by atoms with van der Waals surface area (Å²) < 4.78 is 0. The molecule has 3 rings (SSSR count). The van der Waals surface area contributed by atoms with Gasteiger partial charge in [-0.3, -0.25) is 0 Å². The van der Waals surface area contributed by atoms with Crippen LogP contribution in [0.3, 0.4) is 0 Å². The first kappa shape index (κ1) is 13.9. The minimum absolute atomic E-state index is 0.392. The largest absolute Gasteiger partial charge is 0.363 e. The summed E-state index contributed by atoms with van der Waals surface area (Å²) >= 11 is 8.35. The lowest BCUT2D eigenvalue weighted by Gasteiger charge is -2.36. The van der Waals surface area contributed by atoms with E-state index in [1.807, 2.05) is 11.3 Å². The first-order chi connectivity index (χ1) is 9.70. The van der Waals surface area contributed by atoms with Crippen LogP contribution in [0.15, 0.2) is 29.6 Å². The fraction of sp³-hybridized carbons (Fsp3) is 0.375. The quantitative estimate of drug-likeness (QED) is 0.928. The third-order valence-corrected chi connectivity index (χ3v) is 5.33. The molecular formula is C16H19ClN2S. The van der Waals surface area contributed by atoms with Crippen molar-refractivity contribution in [3.63, 3.8) is 0 Å². The Balaban J connectivity index is 1.90. The van der Waals surface area contributed by atoms with Crippen molar-refractivity contribution in [2.24, 2.45) is 5.73 Å². The molecule has 1 atom stereocenters. The maximum atomic E-state index is 6.48. The van der Waals surface area contributed by atoms with Crippen molar-refractivity contribution in [2.45, 2.75) is 25.8 Å². The van der Waals surface area contributed by atoms with Crippen molar-refractivity contribution < 1.29 is 0 Å². The van der Waals surface area contributed by atoms with Gasteiger partial charge in [-0.2, -0.15) is 0 Å². The van der Waals surface area contributed by atoms with Crippen molar-refractivity contribution in [3.05, 3.63) is 50.7 Å². The number of fused-ring (bicyclic) bond motifs is 1. The van der Waals surface area contributed by atoms with Gasteiger partial charge in [0, 0.05) is 11.4 Å². The van der Waals surface area contributed by atoms with Gasteiger partial charge in [-0.15, -0.1) is 11.3 Å². The molecule has 0 aliphatic carbocycles. The molecule has 1 unspecified atom stereocenters. The number of rotatable bonds is 3. The van der Waals surface area contributed by atoms with Crippen LogP contribution in [-0.4, -0.2) is 13.1 Å². The highest BCUT2D eigenvalue weighted by Crippen LogP contribution is 2.38. The van der Waals surface area contributed by atoms with Gasteiger partial charge in [-0.25, -0.2) is 0 Å². The predicted octanol–water partition coefficient (Wildman–Crippen LogP) is 4.03. The van der Waals surface area contributed by atoms with E-state index in [0.717, 1.165) is 30.1 Å². The first-order valence-electron chi connectivity index (χ1n) is 7.02. The van der Waals surface area contributed by atoms with Gasteiger partial charge in [-0.1, -0.05) is 17.7 Å². The van der Waals surface area contributed by atoms with Crippen LogP contribution in [0.5, 0.6) is 0 Å². The topological polar surface area (TPSA) is 29.3 Å². The molecule has 4 heteroatoms. The second-order valence-corrected chi connectivity index (χ2v) is 6.65. The standard InChI is InChI=1S/C16H19ClN2S/c1-11-13-6-9-20-16(13)5-8-19(11)15-3-2-12(4-7-18)10-14(15)17/h2-3,6,9-11H,4-5,7-8,18H2,1H3. The van der Waals surface area contributed by atoms with Gasteiger partial charge in [0.2, 0.25) is 0 Å². The Labute approximate surface area is 129 Å². The Kier molecular flexibility index (Phi) is 4.01. The van der Waals surface area contributed by atoms with E-state index in [9.17, 15) is 0 Å². The second-order valence-electron chi connectivity index (χ2n) is 5.24. The Hall–Kier alpha value is -1.03. The van der Waals surface area contributed by atoms with Gasteiger partial charge >= 0.3 is 0 Å².